The Morgan fingerprint density at radius 2 is 1.74 bits per heavy atom. The number of anilines is 1. The second-order valence-electron chi connectivity index (χ2n) is 8.18. The molecule has 0 spiro atoms. The molecule has 2 saturated carbocycles. The zero-order valence-electron chi connectivity index (χ0n) is 15.8. The molecular formula is C21H30N4O2. The van der Waals surface area contributed by atoms with Crippen LogP contribution in [0.5, 0.6) is 0 Å². The van der Waals surface area contributed by atoms with Crippen LogP contribution >= 0.6 is 0 Å². The predicted octanol–water partition coefficient (Wildman–Crippen LogP) is 1.21. The standard InChI is InChI=1S/C21H30N4O2/c22-20-16-7-6-15(14-16)19(20)21(27)23-9-8-18(26)25-12-10-24(11-13-25)17-4-2-1-3-5-17/h1-5,15-16,19-20H,6-14,22H2,(H,23,27). The lowest BCUT2D eigenvalue weighted by Crippen LogP contribution is -2.49. The number of nitrogens with two attached hydrogens (primary N) is 1. The van der Waals surface area contributed by atoms with Gasteiger partial charge in [0.1, 0.15) is 0 Å². The third kappa shape index (κ3) is 3.81. The Morgan fingerprint density at radius 3 is 2.41 bits per heavy atom. The number of fused-ring (bicyclic) bond motifs is 2. The fraction of sp³-hybridized carbons (Fsp3) is 0.619. The number of nitrogens with zero attached hydrogens (tertiary/aromatic N) is 2. The Kier molecular flexibility index (Phi) is 5.34. The highest BCUT2D eigenvalue weighted by Gasteiger charge is 2.48. The lowest BCUT2D eigenvalue weighted by molar-refractivity contribution is -0.131. The lowest BCUT2D eigenvalue weighted by atomic mass is 9.84. The van der Waals surface area contributed by atoms with Crippen LogP contribution in [0.25, 0.3) is 0 Å². The number of piperazine rings is 1. The first-order valence-corrected chi connectivity index (χ1v) is 10.2. The molecule has 146 valence electrons. The molecule has 4 atom stereocenters. The Labute approximate surface area is 161 Å². The average Bonchev–Trinajstić information content (AvgIpc) is 3.30. The maximum Gasteiger partial charge on any atom is 0.224 e. The van der Waals surface area contributed by atoms with E-state index in [1.807, 2.05) is 23.1 Å². The van der Waals surface area contributed by atoms with Crippen molar-refractivity contribution in [2.24, 2.45) is 23.5 Å². The first-order chi connectivity index (χ1) is 13.1. The van der Waals surface area contributed by atoms with Gasteiger partial charge in [0, 0.05) is 50.9 Å². The summed E-state index contributed by atoms with van der Waals surface area (Å²) in [5.41, 5.74) is 7.44. The maximum atomic E-state index is 12.5. The van der Waals surface area contributed by atoms with Gasteiger partial charge in [-0.1, -0.05) is 18.2 Å². The van der Waals surface area contributed by atoms with Crippen LogP contribution < -0.4 is 16.0 Å². The second kappa shape index (κ2) is 7.89. The third-order valence-corrected chi connectivity index (χ3v) is 6.68. The molecule has 1 saturated heterocycles. The molecule has 2 aliphatic carbocycles. The Balaban J connectivity index is 1.19. The molecule has 6 nitrogen and oxygen atoms in total. The zero-order valence-corrected chi connectivity index (χ0v) is 15.8. The molecule has 1 aromatic carbocycles. The molecule has 1 aliphatic heterocycles. The van der Waals surface area contributed by atoms with Crippen LogP contribution in [0.4, 0.5) is 5.69 Å². The molecule has 2 amide bonds. The monoisotopic (exact) mass is 370 g/mol. The summed E-state index contributed by atoms with van der Waals surface area (Å²) in [6, 6.07) is 10.3. The quantitative estimate of drug-likeness (QED) is 0.817. The summed E-state index contributed by atoms with van der Waals surface area (Å²) in [4.78, 5) is 29.2. The fourth-order valence-electron chi connectivity index (χ4n) is 5.15. The Morgan fingerprint density at radius 1 is 1.04 bits per heavy atom. The van der Waals surface area contributed by atoms with E-state index in [-0.39, 0.29) is 23.8 Å². The van der Waals surface area contributed by atoms with Crippen LogP contribution in [0.1, 0.15) is 25.7 Å². The minimum atomic E-state index is -0.0479. The summed E-state index contributed by atoms with van der Waals surface area (Å²) in [7, 11) is 0. The van der Waals surface area contributed by atoms with Gasteiger partial charge in [-0.25, -0.2) is 0 Å². The highest BCUT2D eigenvalue weighted by molar-refractivity contribution is 5.82. The van der Waals surface area contributed by atoms with Crippen molar-refractivity contribution in [2.75, 3.05) is 37.6 Å². The van der Waals surface area contributed by atoms with Crippen molar-refractivity contribution < 1.29 is 9.59 Å². The number of nitrogens with one attached hydrogen (secondary N) is 1. The van der Waals surface area contributed by atoms with Crippen LogP contribution in [0.3, 0.4) is 0 Å². The topological polar surface area (TPSA) is 78.7 Å². The molecule has 0 radical (unpaired) electrons. The summed E-state index contributed by atoms with van der Waals surface area (Å²) in [5.74, 6) is 1.10. The summed E-state index contributed by atoms with van der Waals surface area (Å²) >= 11 is 0. The smallest absolute Gasteiger partial charge is 0.224 e. The normalized spacial score (nSPS) is 29.8. The number of hydrogen-bond donors (Lipinski definition) is 2. The van der Waals surface area contributed by atoms with Gasteiger partial charge in [0.2, 0.25) is 11.8 Å². The molecule has 3 fully saturated rings. The molecule has 4 rings (SSSR count). The van der Waals surface area contributed by atoms with E-state index < -0.39 is 0 Å². The highest BCUT2D eigenvalue weighted by Crippen LogP contribution is 2.47. The first-order valence-electron chi connectivity index (χ1n) is 10.2. The van der Waals surface area contributed by atoms with Gasteiger partial charge in [-0.05, 0) is 43.2 Å². The maximum absolute atomic E-state index is 12.5. The third-order valence-electron chi connectivity index (χ3n) is 6.68. The van der Waals surface area contributed by atoms with Gasteiger partial charge in [-0.2, -0.15) is 0 Å². The summed E-state index contributed by atoms with van der Waals surface area (Å²) < 4.78 is 0. The number of amides is 2. The number of rotatable bonds is 5. The zero-order chi connectivity index (χ0) is 18.8. The molecule has 1 heterocycles. The van der Waals surface area contributed by atoms with Gasteiger partial charge in [-0.15, -0.1) is 0 Å². The van der Waals surface area contributed by atoms with Gasteiger partial charge in [0.05, 0.1) is 5.92 Å². The van der Waals surface area contributed by atoms with Crippen LogP contribution in [-0.4, -0.2) is 55.5 Å². The number of benzene rings is 1. The number of hydrogen-bond acceptors (Lipinski definition) is 4. The second-order valence-corrected chi connectivity index (χ2v) is 8.18. The van der Waals surface area contributed by atoms with E-state index in [4.69, 9.17) is 5.73 Å². The van der Waals surface area contributed by atoms with Crippen molar-refractivity contribution in [1.29, 1.82) is 0 Å². The highest BCUT2D eigenvalue weighted by atomic mass is 16.2. The van der Waals surface area contributed by atoms with Gasteiger partial charge >= 0.3 is 0 Å². The number of carbonyl (C=O) groups excluding carboxylic acids is 2. The molecule has 3 N–H and O–H groups in total. The summed E-state index contributed by atoms with van der Waals surface area (Å²) in [5, 5.41) is 2.97. The Bertz CT molecular complexity index is 670. The fourth-order valence-corrected chi connectivity index (χ4v) is 5.15. The molecule has 2 bridgehead atoms. The van der Waals surface area contributed by atoms with Crippen molar-refractivity contribution in [3.05, 3.63) is 30.3 Å². The molecule has 27 heavy (non-hydrogen) atoms. The van der Waals surface area contributed by atoms with E-state index in [9.17, 15) is 9.59 Å². The molecule has 0 aromatic heterocycles. The molecule has 4 unspecified atom stereocenters. The molecule has 3 aliphatic rings. The largest absolute Gasteiger partial charge is 0.368 e. The van der Waals surface area contributed by atoms with E-state index in [1.165, 1.54) is 12.1 Å². The van der Waals surface area contributed by atoms with E-state index >= 15 is 0 Å². The SMILES string of the molecule is NC1C2CCC(C2)C1C(=O)NCCC(=O)N1CCN(c2ccccc2)CC1. The van der Waals surface area contributed by atoms with Crippen molar-refractivity contribution >= 4 is 17.5 Å². The van der Waals surface area contributed by atoms with E-state index in [1.54, 1.807) is 0 Å². The van der Waals surface area contributed by atoms with E-state index in [0.717, 1.165) is 39.0 Å². The van der Waals surface area contributed by atoms with Gasteiger partial charge in [0.25, 0.3) is 0 Å². The average molecular weight is 370 g/mol. The summed E-state index contributed by atoms with van der Waals surface area (Å²) in [6.07, 6.45) is 3.77. The van der Waals surface area contributed by atoms with Crippen LogP contribution in [0.15, 0.2) is 30.3 Å². The van der Waals surface area contributed by atoms with Gasteiger partial charge < -0.3 is 20.9 Å². The van der Waals surface area contributed by atoms with Crippen molar-refractivity contribution in [1.82, 2.24) is 10.2 Å². The van der Waals surface area contributed by atoms with E-state index in [0.29, 0.717) is 24.8 Å². The minimum Gasteiger partial charge on any atom is -0.368 e. The van der Waals surface area contributed by atoms with E-state index in [2.05, 4.69) is 22.3 Å². The van der Waals surface area contributed by atoms with Crippen LogP contribution in [0, 0.1) is 17.8 Å². The number of carbonyl (C=O) groups is 2. The van der Waals surface area contributed by atoms with Crippen LogP contribution in [-0.2, 0) is 9.59 Å². The van der Waals surface area contributed by atoms with Crippen molar-refractivity contribution in [3.63, 3.8) is 0 Å². The molecular weight excluding hydrogens is 340 g/mol. The van der Waals surface area contributed by atoms with Crippen LogP contribution in [0.2, 0.25) is 0 Å². The van der Waals surface area contributed by atoms with Crippen molar-refractivity contribution in [2.45, 2.75) is 31.7 Å². The van der Waals surface area contributed by atoms with Crippen molar-refractivity contribution in [3.8, 4) is 0 Å². The molecule has 6 heteroatoms. The summed E-state index contributed by atoms with van der Waals surface area (Å²) in [6.45, 7) is 3.58. The number of para-hydroxylation sites is 1. The Hall–Kier alpha value is -2.08. The minimum absolute atomic E-state index is 0.00511. The van der Waals surface area contributed by atoms with Gasteiger partial charge in [0.15, 0.2) is 0 Å². The molecule has 1 aromatic rings. The van der Waals surface area contributed by atoms with Gasteiger partial charge in [-0.3, -0.25) is 9.59 Å². The first kappa shape index (κ1) is 18.3. The predicted molar refractivity (Wildman–Crippen MR) is 105 cm³/mol. The lowest BCUT2D eigenvalue weighted by Gasteiger charge is -2.36.